The number of hydrogen-bond donors (Lipinski definition) is 1. The van der Waals surface area contributed by atoms with Crippen LogP contribution in [-0.2, 0) is 11.0 Å². The number of rotatable bonds is 2. The second kappa shape index (κ2) is 5.62. The zero-order valence-electron chi connectivity index (χ0n) is 12.0. The van der Waals surface area contributed by atoms with Crippen LogP contribution in [0.3, 0.4) is 0 Å². The summed E-state index contributed by atoms with van der Waals surface area (Å²) in [6, 6.07) is 4.05. The summed E-state index contributed by atoms with van der Waals surface area (Å²) in [6.45, 7) is 2.20. The first-order valence-corrected chi connectivity index (χ1v) is 6.83. The average Bonchev–Trinajstić information content (AvgIpc) is 2.46. The maximum Gasteiger partial charge on any atom is 0.416 e. The molecule has 0 spiro atoms. The zero-order valence-corrected chi connectivity index (χ0v) is 12.0. The fourth-order valence-electron chi connectivity index (χ4n) is 2.40. The molecule has 2 rings (SSSR count). The third kappa shape index (κ3) is 3.23. The van der Waals surface area contributed by atoms with Crippen LogP contribution in [0, 0.1) is 5.41 Å². The van der Waals surface area contributed by atoms with Gasteiger partial charge in [-0.3, -0.25) is 9.59 Å². The first-order chi connectivity index (χ1) is 10.1. The van der Waals surface area contributed by atoms with Crippen LogP contribution in [0.4, 0.5) is 13.2 Å². The van der Waals surface area contributed by atoms with Gasteiger partial charge < -0.3 is 10.0 Å². The van der Waals surface area contributed by atoms with Crippen molar-refractivity contribution in [3.05, 3.63) is 35.4 Å². The van der Waals surface area contributed by atoms with Gasteiger partial charge in [-0.15, -0.1) is 0 Å². The summed E-state index contributed by atoms with van der Waals surface area (Å²) in [4.78, 5) is 24.9. The molecule has 0 radical (unpaired) electrons. The van der Waals surface area contributed by atoms with E-state index >= 15 is 0 Å². The Balaban J connectivity index is 2.06. The molecule has 1 aromatic carbocycles. The largest absolute Gasteiger partial charge is 0.481 e. The standard InChI is InChI=1S/C15H16F3NO3/c1-14(13(21)22)6-8-19(9-7-14)12(20)10-2-4-11(5-3-10)15(16,17)18/h2-5H,6-9H2,1H3,(H,21,22). The summed E-state index contributed by atoms with van der Waals surface area (Å²) in [6.07, 6.45) is -3.78. The molecule has 0 atom stereocenters. The lowest BCUT2D eigenvalue weighted by Crippen LogP contribution is -2.45. The zero-order chi connectivity index (χ0) is 16.5. The first kappa shape index (κ1) is 16.3. The maximum absolute atomic E-state index is 12.5. The molecule has 1 saturated heterocycles. The Morgan fingerprint density at radius 3 is 2.05 bits per heavy atom. The highest BCUT2D eigenvalue weighted by atomic mass is 19.4. The Bertz CT molecular complexity index is 573. The fourth-order valence-corrected chi connectivity index (χ4v) is 2.40. The van der Waals surface area contributed by atoms with Gasteiger partial charge in [0.2, 0.25) is 0 Å². The van der Waals surface area contributed by atoms with Crippen molar-refractivity contribution in [3.63, 3.8) is 0 Å². The number of carbonyl (C=O) groups is 2. The maximum atomic E-state index is 12.5. The number of carboxylic acid groups (broad SMARTS) is 1. The van der Waals surface area contributed by atoms with Crippen molar-refractivity contribution in [3.8, 4) is 0 Å². The minimum atomic E-state index is -4.43. The Kier molecular flexibility index (Phi) is 4.17. The molecule has 22 heavy (non-hydrogen) atoms. The van der Waals surface area contributed by atoms with E-state index in [-0.39, 0.29) is 24.6 Å². The van der Waals surface area contributed by atoms with Crippen LogP contribution >= 0.6 is 0 Å². The van der Waals surface area contributed by atoms with E-state index in [0.717, 1.165) is 24.3 Å². The number of alkyl halides is 3. The normalized spacial score (nSPS) is 18.1. The molecule has 0 bridgehead atoms. The van der Waals surface area contributed by atoms with E-state index in [9.17, 15) is 22.8 Å². The summed E-state index contributed by atoms with van der Waals surface area (Å²) in [5.41, 5.74) is -1.48. The Hall–Kier alpha value is -2.05. The Morgan fingerprint density at radius 2 is 1.64 bits per heavy atom. The summed E-state index contributed by atoms with van der Waals surface area (Å²) < 4.78 is 37.5. The van der Waals surface area contributed by atoms with Crippen LogP contribution in [-0.4, -0.2) is 35.0 Å². The van der Waals surface area contributed by atoms with Crippen molar-refractivity contribution in [2.45, 2.75) is 25.9 Å². The fraction of sp³-hybridized carbons (Fsp3) is 0.467. The molecule has 1 amide bonds. The molecule has 120 valence electrons. The summed E-state index contributed by atoms with van der Waals surface area (Å²) >= 11 is 0. The molecule has 0 aliphatic carbocycles. The second-order valence-corrected chi connectivity index (χ2v) is 5.73. The highest BCUT2D eigenvalue weighted by Gasteiger charge is 2.38. The van der Waals surface area contributed by atoms with Crippen molar-refractivity contribution >= 4 is 11.9 Å². The molecule has 1 aliphatic rings. The highest BCUT2D eigenvalue weighted by Crippen LogP contribution is 2.32. The number of halogens is 3. The third-order valence-electron chi connectivity index (χ3n) is 4.13. The average molecular weight is 315 g/mol. The predicted molar refractivity (Wildman–Crippen MR) is 72.3 cm³/mol. The van der Waals surface area contributed by atoms with Gasteiger partial charge in [-0.2, -0.15) is 13.2 Å². The lowest BCUT2D eigenvalue weighted by Gasteiger charge is -2.36. The van der Waals surface area contributed by atoms with Gasteiger partial charge in [0, 0.05) is 18.7 Å². The van der Waals surface area contributed by atoms with E-state index in [2.05, 4.69) is 0 Å². The molecule has 0 aromatic heterocycles. The van der Waals surface area contributed by atoms with Crippen LogP contribution in [0.5, 0.6) is 0 Å². The van der Waals surface area contributed by atoms with Gasteiger partial charge in [0.1, 0.15) is 0 Å². The molecule has 1 aliphatic heterocycles. The first-order valence-electron chi connectivity index (χ1n) is 6.83. The number of carboxylic acids is 1. The van der Waals surface area contributed by atoms with Gasteiger partial charge in [0.15, 0.2) is 0 Å². The smallest absolute Gasteiger partial charge is 0.416 e. The minimum absolute atomic E-state index is 0.173. The van der Waals surface area contributed by atoms with Crippen molar-refractivity contribution in [1.82, 2.24) is 4.90 Å². The van der Waals surface area contributed by atoms with E-state index in [0.29, 0.717) is 12.8 Å². The van der Waals surface area contributed by atoms with Gasteiger partial charge in [-0.25, -0.2) is 0 Å². The molecular weight excluding hydrogens is 299 g/mol. The number of likely N-dealkylation sites (tertiary alicyclic amines) is 1. The van der Waals surface area contributed by atoms with E-state index in [1.54, 1.807) is 6.92 Å². The van der Waals surface area contributed by atoms with Gasteiger partial charge in [-0.1, -0.05) is 0 Å². The molecule has 1 N–H and O–H groups in total. The number of aliphatic carboxylic acids is 1. The molecule has 1 fully saturated rings. The third-order valence-corrected chi connectivity index (χ3v) is 4.13. The number of benzene rings is 1. The summed E-state index contributed by atoms with van der Waals surface area (Å²) in [5, 5.41) is 9.14. The van der Waals surface area contributed by atoms with E-state index in [1.165, 1.54) is 4.90 Å². The van der Waals surface area contributed by atoms with Gasteiger partial charge >= 0.3 is 12.1 Å². The lowest BCUT2D eigenvalue weighted by atomic mass is 9.80. The van der Waals surface area contributed by atoms with Crippen molar-refractivity contribution in [1.29, 1.82) is 0 Å². The second-order valence-electron chi connectivity index (χ2n) is 5.73. The number of nitrogens with zero attached hydrogens (tertiary/aromatic N) is 1. The van der Waals surface area contributed by atoms with Crippen LogP contribution in [0.15, 0.2) is 24.3 Å². The summed E-state index contributed by atoms with van der Waals surface area (Å²) in [5.74, 6) is -1.27. The monoisotopic (exact) mass is 315 g/mol. The molecule has 0 saturated carbocycles. The molecular formula is C15H16F3NO3. The molecule has 1 heterocycles. The SMILES string of the molecule is CC1(C(=O)O)CCN(C(=O)c2ccc(C(F)(F)F)cc2)CC1. The van der Waals surface area contributed by atoms with E-state index < -0.39 is 23.1 Å². The molecule has 4 nitrogen and oxygen atoms in total. The Morgan fingerprint density at radius 1 is 1.14 bits per heavy atom. The van der Waals surface area contributed by atoms with Crippen molar-refractivity contribution < 1.29 is 27.9 Å². The highest BCUT2D eigenvalue weighted by molar-refractivity contribution is 5.94. The minimum Gasteiger partial charge on any atom is -0.481 e. The van der Waals surface area contributed by atoms with Crippen LogP contribution in [0.2, 0.25) is 0 Å². The van der Waals surface area contributed by atoms with E-state index in [4.69, 9.17) is 5.11 Å². The topological polar surface area (TPSA) is 57.6 Å². The van der Waals surface area contributed by atoms with Crippen molar-refractivity contribution in [2.24, 2.45) is 5.41 Å². The number of piperidine rings is 1. The molecule has 7 heteroatoms. The quantitative estimate of drug-likeness (QED) is 0.912. The van der Waals surface area contributed by atoms with Gasteiger partial charge in [0.05, 0.1) is 11.0 Å². The van der Waals surface area contributed by atoms with Gasteiger partial charge in [-0.05, 0) is 44.0 Å². The van der Waals surface area contributed by atoms with Gasteiger partial charge in [0.25, 0.3) is 5.91 Å². The number of hydrogen-bond acceptors (Lipinski definition) is 2. The Labute approximate surface area is 125 Å². The van der Waals surface area contributed by atoms with E-state index in [1.807, 2.05) is 0 Å². The predicted octanol–water partition coefficient (Wildman–Crippen LogP) is 3.03. The molecule has 0 unspecified atom stereocenters. The van der Waals surface area contributed by atoms with Crippen LogP contribution in [0.25, 0.3) is 0 Å². The molecule has 1 aromatic rings. The number of amides is 1. The van der Waals surface area contributed by atoms with Crippen LogP contribution in [0.1, 0.15) is 35.7 Å². The van der Waals surface area contributed by atoms with Crippen molar-refractivity contribution in [2.75, 3.05) is 13.1 Å². The summed E-state index contributed by atoms with van der Waals surface area (Å²) in [7, 11) is 0. The number of carbonyl (C=O) groups excluding carboxylic acids is 1. The lowest BCUT2D eigenvalue weighted by molar-refractivity contribution is -0.150. The van der Waals surface area contributed by atoms with Crippen LogP contribution < -0.4 is 0 Å².